The van der Waals surface area contributed by atoms with E-state index in [1.165, 1.54) is 120 Å². The van der Waals surface area contributed by atoms with Crippen LogP contribution in [0.2, 0.25) is 0 Å². The van der Waals surface area contributed by atoms with E-state index in [1.54, 1.807) is 11.0 Å². The molecule has 286 valence electrons. The molecule has 4 aliphatic carbocycles. The highest BCUT2D eigenvalue weighted by molar-refractivity contribution is 6.88. The molecule has 14 rings (SSSR count). The molecule has 0 spiro atoms. The van der Waals surface area contributed by atoms with E-state index in [2.05, 4.69) is 167 Å². The van der Waals surface area contributed by atoms with E-state index in [-0.39, 0.29) is 28.6 Å². The van der Waals surface area contributed by atoms with Crippen LogP contribution in [0.25, 0.3) is 55.3 Å². The van der Waals surface area contributed by atoms with Gasteiger partial charge in [0.2, 0.25) is 0 Å². The summed E-state index contributed by atoms with van der Waals surface area (Å²) in [6, 6.07) is 42.1. The number of fused-ring (bicyclic) bond motifs is 17. The van der Waals surface area contributed by atoms with Crippen molar-refractivity contribution in [1.29, 1.82) is 0 Å². The molecule has 3 aliphatic heterocycles. The molecule has 1 saturated carbocycles. The number of furan rings is 1. The van der Waals surface area contributed by atoms with Crippen molar-refractivity contribution in [3.8, 4) is 33.4 Å². The number of anilines is 3. The molecule has 2 unspecified atom stereocenters. The third kappa shape index (κ3) is 3.61. The third-order valence-corrected chi connectivity index (χ3v) is 17.0. The lowest BCUT2D eigenvalue weighted by molar-refractivity contribution is 0.159. The van der Waals surface area contributed by atoms with Crippen molar-refractivity contribution >= 4 is 51.3 Å². The molecule has 0 radical (unpaired) electrons. The van der Waals surface area contributed by atoms with Crippen LogP contribution >= 0.6 is 0 Å². The summed E-state index contributed by atoms with van der Waals surface area (Å²) in [6.45, 7) is 14.9. The van der Waals surface area contributed by atoms with Crippen molar-refractivity contribution in [2.45, 2.75) is 90.0 Å². The van der Waals surface area contributed by atoms with Crippen LogP contribution in [0.3, 0.4) is 0 Å². The molecule has 1 aromatic heterocycles. The van der Waals surface area contributed by atoms with E-state index >= 15 is 0 Å². The maximum Gasteiger partial charge on any atom is 0.329 e. The monoisotopic (exact) mass is 762 g/mol. The fraction of sp³-hybridized carbons (Fsp3) is 0.273. The minimum absolute atomic E-state index is 0.0207. The van der Waals surface area contributed by atoms with Crippen molar-refractivity contribution in [3.63, 3.8) is 0 Å². The summed E-state index contributed by atoms with van der Waals surface area (Å²) in [5.74, 6) is 0. The number of rotatable bonds is 1. The van der Waals surface area contributed by atoms with E-state index < -0.39 is 0 Å². The number of hydrogen-bond donors (Lipinski definition) is 0. The predicted octanol–water partition coefficient (Wildman–Crippen LogP) is 13.5. The minimum atomic E-state index is -0.123. The molecule has 2 atom stereocenters. The summed E-state index contributed by atoms with van der Waals surface area (Å²) in [5.41, 5.74) is 25.6. The van der Waals surface area contributed by atoms with Crippen molar-refractivity contribution in [2.24, 2.45) is 5.41 Å². The zero-order chi connectivity index (χ0) is 39.5. The van der Waals surface area contributed by atoms with Gasteiger partial charge in [-0.25, -0.2) is 0 Å². The van der Waals surface area contributed by atoms with Gasteiger partial charge in [-0.1, -0.05) is 126 Å². The highest BCUT2D eigenvalue weighted by Gasteiger charge is 2.65. The highest BCUT2D eigenvalue weighted by Crippen LogP contribution is 2.67. The first-order valence-electron chi connectivity index (χ1n) is 22.1. The zero-order valence-corrected chi connectivity index (χ0v) is 34.9. The summed E-state index contributed by atoms with van der Waals surface area (Å²) < 4.78 is 7.18. The fourth-order valence-corrected chi connectivity index (χ4v) is 13.9. The van der Waals surface area contributed by atoms with Gasteiger partial charge in [-0.3, -0.25) is 0 Å². The van der Waals surface area contributed by atoms with Gasteiger partial charge in [0, 0.05) is 49.7 Å². The Labute approximate surface area is 347 Å². The summed E-state index contributed by atoms with van der Waals surface area (Å²) >= 11 is 0. The van der Waals surface area contributed by atoms with Crippen LogP contribution in [0, 0.1) is 5.41 Å². The van der Waals surface area contributed by atoms with Gasteiger partial charge in [-0.05, 0) is 129 Å². The Balaban J connectivity index is 1.14. The first-order chi connectivity index (χ1) is 28.5. The van der Waals surface area contributed by atoms with Crippen LogP contribution in [0.4, 0.5) is 17.1 Å². The van der Waals surface area contributed by atoms with Crippen molar-refractivity contribution in [2.75, 3.05) is 9.71 Å². The average molecular weight is 763 g/mol. The normalized spacial score (nSPS) is 24.1. The summed E-state index contributed by atoms with van der Waals surface area (Å²) in [7, 11) is 0. The summed E-state index contributed by atoms with van der Waals surface area (Å²) in [6.07, 6.45) is 8.55. The van der Waals surface area contributed by atoms with Crippen molar-refractivity contribution in [1.82, 2.24) is 0 Å². The van der Waals surface area contributed by atoms with E-state index in [0.717, 1.165) is 17.6 Å². The van der Waals surface area contributed by atoms with E-state index in [9.17, 15) is 0 Å². The Morgan fingerprint density at radius 1 is 0.593 bits per heavy atom. The Morgan fingerprint density at radius 3 is 2.07 bits per heavy atom. The van der Waals surface area contributed by atoms with Crippen molar-refractivity contribution in [3.05, 3.63) is 154 Å². The number of para-hydroxylation sites is 1. The maximum absolute atomic E-state index is 7.18. The lowest BCUT2D eigenvalue weighted by Crippen LogP contribution is -2.60. The Morgan fingerprint density at radius 2 is 1.27 bits per heavy atom. The lowest BCUT2D eigenvalue weighted by atomic mass is 9.42. The topological polar surface area (TPSA) is 19.6 Å². The molecule has 3 nitrogen and oxygen atoms in total. The van der Waals surface area contributed by atoms with Gasteiger partial charge in [-0.15, -0.1) is 0 Å². The lowest BCUT2D eigenvalue weighted by Gasteiger charge is -2.52. The van der Waals surface area contributed by atoms with Gasteiger partial charge < -0.3 is 14.1 Å². The number of hydrogen-bond acceptors (Lipinski definition) is 3. The van der Waals surface area contributed by atoms with E-state index in [0.29, 0.717) is 0 Å². The molecule has 6 aromatic carbocycles. The number of nitrogens with zero attached hydrogens (tertiary/aromatic N) is 2. The Kier molecular flexibility index (Phi) is 5.81. The average Bonchev–Trinajstić information content (AvgIpc) is 4.00. The van der Waals surface area contributed by atoms with E-state index in [1.807, 2.05) is 0 Å². The van der Waals surface area contributed by atoms with Crippen molar-refractivity contribution < 1.29 is 4.42 Å². The second-order valence-corrected chi connectivity index (χ2v) is 20.3. The predicted molar refractivity (Wildman–Crippen MR) is 245 cm³/mol. The standard InChI is InChI=1S/C55H47BN2O/c1-52(2)40-18-10-7-15-32(40)34-22-21-31(27-43(34)52)58-46-30-44-36(33-16-8-11-19-41(33)53(44,3)4)28-37(46)38-29-39-35-17-9-12-20-47(35)59-51(39)50-48(38)56(58)45-24-23-42-49(45)57(50)55(6)26-14-13-25-54(42,55)5/h7-12,15-23,27-30H,13-14,24-26H2,1-6H3. The Bertz CT molecular complexity index is 3210. The minimum Gasteiger partial charge on any atom is -0.454 e. The molecule has 59 heavy (non-hydrogen) atoms. The van der Waals surface area contributed by atoms with Crippen LogP contribution in [0.15, 0.2) is 136 Å². The molecule has 2 fully saturated rings. The second-order valence-electron chi connectivity index (χ2n) is 20.3. The molecule has 7 aliphatic rings. The van der Waals surface area contributed by atoms with Gasteiger partial charge in [-0.2, -0.15) is 0 Å². The molecule has 4 heteroatoms. The van der Waals surface area contributed by atoms with Crippen LogP contribution in [0.5, 0.6) is 0 Å². The molecular formula is C55H47BN2O. The smallest absolute Gasteiger partial charge is 0.329 e. The molecule has 1 saturated heterocycles. The van der Waals surface area contributed by atoms with Gasteiger partial charge in [0.1, 0.15) is 5.58 Å². The van der Waals surface area contributed by atoms with Gasteiger partial charge in [0.05, 0.1) is 11.2 Å². The van der Waals surface area contributed by atoms with Crippen LogP contribution < -0.4 is 15.2 Å². The Hall–Kier alpha value is -5.74. The number of benzene rings is 6. The second kappa shape index (κ2) is 10.3. The molecule has 0 amide bonds. The summed E-state index contributed by atoms with van der Waals surface area (Å²) in [4.78, 5) is 5.65. The number of allylic oxidation sites excluding steroid dienone is 3. The molecule has 4 heterocycles. The first-order valence-corrected chi connectivity index (χ1v) is 22.1. The highest BCUT2D eigenvalue weighted by atomic mass is 16.3. The van der Waals surface area contributed by atoms with Gasteiger partial charge >= 0.3 is 6.85 Å². The summed E-state index contributed by atoms with van der Waals surface area (Å²) in [5, 5.41) is 2.43. The molecule has 0 bridgehead atoms. The molecular weight excluding hydrogens is 715 g/mol. The van der Waals surface area contributed by atoms with E-state index in [4.69, 9.17) is 4.42 Å². The third-order valence-electron chi connectivity index (χ3n) is 17.0. The zero-order valence-electron chi connectivity index (χ0n) is 34.9. The maximum atomic E-state index is 7.18. The largest absolute Gasteiger partial charge is 0.454 e. The van der Waals surface area contributed by atoms with Crippen LogP contribution in [-0.4, -0.2) is 12.4 Å². The van der Waals surface area contributed by atoms with Crippen LogP contribution in [0.1, 0.15) is 95.9 Å². The molecule has 7 aromatic rings. The van der Waals surface area contributed by atoms with Gasteiger partial charge in [0.15, 0.2) is 5.58 Å². The first kappa shape index (κ1) is 33.1. The SMILES string of the molecule is CC1(C)c2ccccc2-c2ccc(N3B4C5=C6C(=CC5)C5(C)CCCCC5(C)N6c5c4c(cc4c5oc5ccccc54)-c4cc5c(cc43)C(C)(C)c3ccccc3-5)cc21. The van der Waals surface area contributed by atoms with Crippen LogP contribution in [-0.2, 0) is 10.8 Å². The van der Waals surface area contributed by atoms with Gasteiger partial charge in [0.25, 0.3) is 0 Å². The fourth-order valence-electron chi connectivity index (χ4n) is 13.9. The molecule has 0 N–H and O–H groups in total. The quantitative estimate of drug-likeness (QED) is 0.155.